The van der Waals surface area contributed by atoms with Crippen LogP contribution in [-0.2, 0) is 4.79 Å². The number of hydrogen-bond donors (Lipinski definition) is 0. The molecule has 0 radical (unpaired) electrons. The Morgan fingerprint density at radius 1 is 1.35 bits per heavy atom. The molecule has 3 nitrogen and oxygen atoms in total. The van der Waals surface area contributed by atoms with Crippen molar-refractivity contribution in [3.8, 4) is 5.75 Å². The lowest BCUT2D eigenvalue weighted by molar-refractivity contribution is -0.132. The molecule has 0 saturated carbocycles. The van der Waals surface area contributed by atoms with Crippen molar-refractivity contribution >= 4 is 28.5 Å². The summed E-state index contributed by atoms with van der Waals surface area (Å²) in [5.41, 5.74) is 0. The summed E-state index contributed by atoms with van der Waals surface area (Å²) >= 11 is 2.23. The molecular formula is C13H18INO2. The van der Waals surface area contributed by atoms with Gasteiger partial charge >= 0.3 is 0 Å². The predicted octanol–water partition coefficient (Wildman–Crippen LogP) is 2.78. The molecule has 17 heavy (non-hydrogen) atoms. The van der Waals surface area contributed by atoms with E-state index in [1.165, 1.54) is 0 Å². The first kappa shape index (κ1) is 14.3. The summed E-state index contributed by atoms with van der Waals surface area (Å²) in [5, 5.41) is 0. The van der Waals surface area contributed by atoms with E-state index >= 15 is 0 Å². The predicted molar refractivity (Wildman–Crippen MR) is 77.1 cm³/mol. The molecule has 0 aliphatic carbocycles. The van der Waals surface area contributed by atoms with Gasteiger partial charge in [0.1, 0.15) is 5.75 Å². The SMILES string of the molecule is CC(C)CN(C)C(=O)COc1ccc(I)cc1. The van der Waals surface area contributed by atoms with Crippen LogP contribution in [0.5, 0.6) is 5.75 Å². The molecule has 1 aromatic carbocycles. The fourth-order valence-corrected chi connectivity index (χ4v) is 1.80. The average Bonchev–Trinajstić information content (AvgIpc) is 2.27. The topological polar surface area (TPSA) is 29.5 Å². The number of carbonyl (C=O) groups is 1. The lowest BCUT2D eigenvalue weighted by Gasteiger charge is -2.19. The highest BCUT2D eigenvalue weighted by Gasteiger charge is 2.10. The van der Waals surface area contributed by atoms with Gasteiger partial charge in [0.15, 0.2) is 6.61 Å². The quantitative estimate of drug-likeness (QED) is 0.767. The summed E-state index contributed by atoms with van der Waals surface area (Å²) < 4.78 is 6.58. The molecule has 1 aromatic rings. The number of amides is 1. The Morgan fingerprint density at radius 3 is 2.47 bits per heavy atom. The number of benzene rings is 1. The normalized spacial score (nSPS) is 10.4. The molecule has 0 aliphatic heterocycles. The van der Waals surface area contributed by atoms with Gasteiger partial charge in [-0.15, -0.1) is 0 Å². The number of rotatable bonds is 5. The van der Waals surface area contributed by atoms with Crippen molar-refractivity contribution in [3.05, 3.63) is 27.8 Å². The number of nitrogens with zero attached hydrogens (tertiary/aromatic N) is 1. The van der Waals surface area contributed by atoms with Crippen LogP contribution < -0.4 is 4.74 Å². The first-order valence-electron chi connectivity index (χ1n) is 5.61. The fraction of sp³-hybridized carbons (Fsp3) is 0.462. The zero-order valence-corrected chi connectivity index (χ0v) is 12.6. The van der Waals surface area contributed by atoms with Crippen molar-refractivity contribution in [1.29, 1.82) is 0 Å². The van der Waals surface area contributed by atoms with Gasteiger partial charge in [-0.3, -0.25) is 4.79 Å². The molecule has 0 aliphatic rings. The number of ether oxygens (including phenoxy) is 1. The minimum atomic E-state index is 0.0113. The molecule has 1 rings (SSSR count). The summed E-state index contributed by atoms with van der Waals surface area (Å²) in [6.45, 7) is 5.03. The molecule has 94 valence electrons. The van der Waals surface area contributed by atoms with Gasteiger partial charge in [-0.1, -0.05) is 13.8 Å². The number of likely N-dealkylation sites (N-methyl/N-ethyl adjacent to an activating group) is 1. The highest BCUT2D eigenvalue weighted by Crippen LogP contribution is 2.13. The van der Waals surface area contributed by atoms with E-state index in [9.17, 15) is 4.79 Å². The Morgan fingerprint density at radius 2 is 1.94 bits per heavy atom. The van der Waals surface area contributed by atoms with Gasteiger partial charge in [0, 0.05) is 17.2 Å². The maximum atomic E-state index is 11.7. The van der Waals surface area contributed by atoms with E-state index < -0.39 is 0 Å². The van der Waals surface area contributed by atoms with Gasteiger partial charge in [0.25, 0.3) is 5.91 Å². The van der Waals surface area contributed by atoms with Crippen molar-refractivity contribution in [1.82, 2.24) is 4.90 Å². The van der Waals surface area contributed by atoms with Gasteiger partial charge in [0.2, 0.25) is 0 Å². The summed E-state index contributed by atoms with van der Waals surface area (Å²) in [4.78, 5) is 13.4. The third-order valence-corrected chi connectivity index (χ3v) is 2.96. The second kappa shape index (κ2) is 6.83. The Labute approximate surface area is 116 Å². The molecule has 0 heterocycles. The number of hydrogen-bond acceptors (Lipinski definition) is 2. The average molecular weight is 347 g/mol. The monoisotopic (exact) mass is 347 g/mol. The van der Waals surface area contributed by atoms with Crippen LogP contribution in [0.25, 0.3) is 0 Å². The summed E-state index contributed by atoms with van der Waals surface area (Å²) in [6.07, 6.45) is 0. The first-order valence-corrected chi connectivity index (χ1v) is 6.69. The molecule has 0 fully saturated rings. The molecular weight excluding hydrogens is 329 g/mol. The Balaban J connectivity index is 2.40. The van der Waals surface area contributed by atoms with Crippen LogP contribution in [0.3, 0.4) is 0 Å². The Bertz CT molecular complexity index is 362. The fourth-order valence-electron chi connectivity index (χ4n) is 1.44. The Kier molecular flexibility index (Phi) is 5.74. The standard InChI is InChI=1S/C13H18INO2/c1-10(2)8-15(3)13(16)9-17-12-6-4-11(14)5-7-12/h4-7,10H,8-9H2,1-3H3. The third-order valence-electron chi connectivity index (χ3n) is 2.24. The van der Waals surface area contributed by atoms with E-state index in [1.54, 1.807) is 11.9 Å². The van der Waals surface area contributed by atoms with E-state index in [0.29, 0.717) is 5.92 Å². The minimum Gasteiger partial charge on any atom is -0.484 e. The van der Waals surface area contributed by atoms with Crippen molar-refractivity contribution in [2.45, 2.75) is 13.8 Å². The molecule has 4 heteroatoms. The first-order chi connectivity index (χ1) is 7.99. The highest BCUT2D eigenvalue weighted by atomic mass is 127. The van der Waals surface area contributed by atoms with Crippen LogP contribution >= 0.6 is 22.6 Å². The van der Waals surface area contributed by atoms with E-state index in [-0.39, 0.29) is 12.5 Å². The van der Waals surface area contributed by atoms with Crippen LogP contribution in [0.2, 0.25) is 0 Å². The molecule has 1 amide bonds. The second-order valence-corrected chi connectivity index (χ2v) is 5.66. The minimum absolute atomic E-state index is 0.0113. The smallest absolute Gasteiger partial charge is 0.260 e. The molecule has 0 unspecified atom stereocenters. The van der Waals surface area contributed by atoms with Crippen LogP contribution in [0.1, 0.15) is 13.8 Å². The van der Waals surface area contributed by atoms with Gasteiger partial charge in [-0.05, 0) is 52.8 Å². The van der Waals surface area contributed by atoms with Crippen LogP contribution in [-0.4, -0.2) is 31.0 Å². The van der Waals surface area contributed by atoms with E-state index in [1.807, 2.05) is 24.3 Å². The maximum Gasteiger partial charge on any atom is 0.260 e. The molecule has 0 bridgehead atoms. The van der Waals surface area contributed by atoms with Crippen molar-refractivity contribution in [2.24, 2.45) is 5.92 Å². The zero-order chi connectivity index (χ0) is 12.8. The van der Waals surface area contributed by atoms with Gasteiger partial charge < -0.3 is 9.64 Å². The van der Waals surface area contributed by atoms with Gasteiger partial charge in [-0.2, -0.15) is 0 Å². The molecule has 0 aromatic heterocycles. The Hall–Kier alpha value is -0.780. The largest absolute Gasteiger partial charge is 0.484 e. The molecule has 0 spiro atoms. The summed E-state index contributed by atoms with van der Waals surface area (Å²) in [5.74, 6) is 1.22. The highest BCUT2D eigenvalue weighted by molar-refractivity contribution is 14.1. The van der Waals surface area contributed by atoms with Gasteiger partial charge in [0.05, 0.1) is 0 Å². The number of halogens is 1. The number of carbonyl (C=O) groups excluding carboxylic acids is 1. The van der Waals surface area contributed by atoms with E-state index in [0.717, 1.165) is 15.9 Å². The van der Waals surface area contributed by atoms with Crippen molar-refractivity contribution in [2.75, 3.05) is 20.2 Å². The molecule has 0 saturated heterocycles. The van der Waals surface area contributed by atoms with Gasteiger partial charge in [-0.25, -0.2) is 0 Å². The molecule has 0 atom stereocenters. The maximum absolute atomic E-state index is 11.7. The summed E-state index contributed by atoms with van der Waals surface area (Å²) in [7, 11) is 1.81. The molecule has 0 N–H and O–H groups in total. The van der Waals surface area contributed by atoms with Crippen molar-refractivity contribution < 1.29 is 9.53 Å². The van der Waals surface area contributed by atoms with Crippen LogP contribution in [0.15, 0.2) is 24.3 Å². The van der Waals surface area contributed by atoms with Crippen molar-refractivity contribution in [3.63, 3.8) is 0 Å². The summed E-state index contributed by atoms with van der Waals surface area (Å²) in [6, 6.07) is 7.66. The third kappa shape index (κ3) is 5.39. The second-order valence-electron chi connectivity index (χ2n) is 4.41. The van der Waals surface area contributed by atoms with E-state index in [4.69, 9.17) is 4.74 Å². The van der Waals surface area contributed by atoms with E-state index in [2.05, 4.69) is 36.4 Å². The van der Waals surface area contributed by atoms with Crippen LogP contribution in [0.4, 0.5) is 0 Å². The van der Waals surface area contributed by atoms with Crippen LogP contribution in [0, 0.1) is 9.49 Å². The lowest BCUT2D eigenvalue weighted by atomic mass is 10.2. The lowest BCUT2D eigenvalue weighted by Crippen LogP contribution is -2.34. The zero-order valence-electron chi connectivity index (χ0n) is 10.4.